The molecule has 0 fully saturated rings. The Labute approximate surface area is 112 Å². The molecule has 0 aliphatic heterocycles. The number of carbonyl (C=O) groups excluding carboxylic acids is 1. The largest absolute Gasteiger partial charge is 0.482 e. The molecule has 0 atom stereocenters. The van der Waals surface area contributed by atoms with Crippen LogP contribution < -0.4 is 4.74 Å². The Hall–Kier alpha value is -1.26. The third-order valence-corrected chi connectivity index (χ3v) is 2.44. The molecule has 0 saturated heterocycles. The lowest BCUT2D eigenvalue weighted by Crippen LogP contribution is -2.19. The molecule has 0 amide bonds. The molecule has 0 saturated carbocycles. The maximum atomic E-state index is 11.3. The summed E-state index contributed by atoms with van der Waals surface area (Å²) in [6, 6.07) is 6.84. The van der Waals surface area contributed by atoms with E-state index in [1.807, 2.05) is 19.0 Å². The van der Waals surface area contributed by atoms with Crippen molar-refractivity contribution >= 4 is 17.6 Å². The molecular formula is C13H18ClNO3. The van der Waals surface area contributed by atoms with Gasteiger partial charge < -0.3 is 14.4 Å². The van der Waals surface area contributed by atoms with Gasteiger partial charge in [-0.2, -0.15) is 0 Å². The monoisotopic (exact) mass is 271 g/mol. The van der Waals surface area contributed by atoms with Gasteiger partial charge in [-0.1, -0.05) is 11.6 Å². The molecule has 0 unspecified atom stereocenters. The Balaban J connectivity index is 2.15. The fraction of sp³-hybridized carbons (Fsp3) is 0.462. The van der Waals surface area contributed by atoms with Gasteiger partial charge in [-0.25, -0.2) is 4.79 Å². The van der Waals surface area contributed by atoms with Crippen molar-refractivity contribution in [1.82, 2.24) is 4.90 Å². The van der Waals surface area contributed by atoms with Crippen LogP contribution in [-0.4, -0.2) is 44.7 Å². The summed E-state index contributed by atoms with van der Waals surface area (Å²) < 4.78 is 10.3. The van der Waals surface area contributed by atoms with Crippen molar-refractivity contribution in [3.05, 3.63) is 29.3 Å². The zero-order valence-corrected chi connectivity index (χ0v) is 11.4. The molecule has 1 aromatic carbocycles. The molecular weight excluding hydrogens is 254 g/mol. The second-order valence-electron chi connectivity index (χ2n) is 4.12. The molecule has 0 aromatic heterocycles. The predicted octanol–water partition coefficient (Wildman–Crippen LogP) is 2.21. The van der Waals surface area contributed by atoms with Crippen molar-refractivity contribution in [2.45, 2.75) is 6.42 Å². The first-order valence-electron chi connectivity index (χ1n) is 5.76. The van der Waals surface area contributed by atoms with Crippen molar-refractivity contribution in [2.75, 3.05) is 33.9 Å². The van der Waals surface area contributed by atoms with Crippen LogP contribution in [0.3, 0.4) is 0 Å². The third kappa shape index (κ3) is 6.47. The molecule has 0 N–H and O–H groups in total. The van der Waals surface area contributed by atoms with E-state index in [4.69, 9.17) is 21.1 Å². The van der Waals surface area contributed by atoms with Crippen molar-refractivity contribution in [1.29, 1.82) is 0 Å². The number of halogens is 1. The number of hydrogen-bond donors (Lipinski definition) is 0. The Bertz CT molecular complexity index is 365. The molecule has 0 spiro atoms. The van der Waals surface area contributed by atoms with E-state index < -0.39 is 0 Å². The van der Waals surface area contributed by atoms with E-state index >= 15 is 0 Å². The Morgan fingerprint density at radius 1 is 1.28 bits per heavy atom. The van der Waals surface area contributed by atoms with E-state index in [0.717, 1.165) is 13.0 Å². The summed E-state index contributed by atoms with van der Waals surface area (Å²) in [7, 11) is 3.96. The third-order valence-electron chi connectivity index (χ3n) is 2.18. The average molecular weight is 272 g/mol. The maximum absolute atomic E-state index is 11.3. The van der Waals surface area contributed by atoms with Gasteiger partial charge in [0.1, 0.15) is 5.75 Å². The molecule has 5 heteroatoms. The summed E-state index contributed by atoms with van der Waals surface area (Å²) >= 11 is 5.73. The molecule has 0 heterocycles. The van der Waals surface area contributed by atoms with E-state index in [1.54, 1.807) is 24.3 Å². The zero-order valence-electron chi connectivity index (χ0n) is 10.7. The number of esters is 1. The van der Waals surface area contributed by atoms with Crippen molar-refractivity contribution < 1.29 is 14.3 Å². The number of benzene rings is 1. The fourth-order valence-corrected chi connectivity index (χ4v) is 1.41. The molecule has 0 aliphatic rings. The smallest absolute Gasteiger partial charge is 0.344 e. The van der Waals surface area contributed by atoms with Gasteiger partial charge in [0.15, 0.2) is 6.61 Å². The highest BCUT2D eigenvalue weighted by Crippen LogP contribution is 2.15. The number of ether oxygens (including phenoxy) is 2. The van der Waals surface area contributed by atoms with E-state index in [2.05, 4.69) is 0 Å². The number of rotatable bonds is 7. The first-order valence-corrected chi connectivity index (χ1v) is 6.14. The molecule has 4 nitrogen and oxygen atoms in total. The fourth-order valence-electron chi connectivity index (χ4n) is 1.28. The highest BCUT2D eigenvalue weighted by Gasteiger charge is 2.04. The lowest BCUT2D eigenvalue weighted by atomic mass is 10.3. The van der Waals surface area contributed by atoms with Gasteiger partial charge >= 0.3 is 5.97 Å². The number of carbonyl (C=O) groups is 1. The van der Waals surface area contributed by atoms with Gasteiger partial charge in [0.25, 0.3) is 0 Å². The number of nitrogens with zero attached hydrogens (tertiary/aromatic N) is 1. The summed E-state index contributed by atoms with van der Waals surface area (Å²) in [6.07, 6.45) is 0.819. The molecule has 0 aliphatic carbocycles. The molecule has 0 radical (unpaired) electrons. The van der Waals surface area contributed by atoms with Gasteiger partial charge in [-0.15, -0.1) is 0 Å². The predicted molar refractivity (Wildman–Crippen MR) is 71.1 cm³/mol. The van der Waals surface area contributed by atoms with Crippen molar-refractivity contribution in [2.24, 2.45) is 0 Å². The molecule has 18 heavy (non-hydrogen) atoms. The molecule has 1 aromatic rings. The van der Waals surface area contributed by atoms with Crippen LogP contribution in [0, 0.1) is 0 Å². The first kappa shape index (κ1) is 14.8. The van der Waals surface area contributed by atoms with Crippen LogP contribution in [0.5, 0.6) is 5.75 Å². The maximum Gasteiger partial charge on any atom is 0.344 e. The summed E-state index contributed by atoms with van der Waals surface area (Å²) in [5.41, 5.74) is 0. The van der Waals surface area contributed by atoms with Gasteiger partial charge in [0.05, 0.1) is 6.61 Å². The summed E-state index contributed by atoms with van der Waals surface area (Å²) in [5, 5.41) is 0.633. The van der Waals surface area contributed by atoms with E-state index in [9.17, 15) is 4.79 Å². The van der Waals surface area contributed by atoms with Crippen LogP contribution in [0.4, 0.5) is 0 Å². The molecule has 1 rings (SSSR count). The molecule has 0 bridgehead atoms. The van der Waals surface area contributed by atoms with Crippen LogP contribution >= 0.6 is 11.6 Å². The Morgan fingerprint density at radius 2 is 1.94 bits per heavy atom. The van der Waals surface area contributed by atoms with Crippen LogP contribution in [0.15, 0.2) is 24.3 Å². The standard InChI is InChI=1S/C13H18ClNO3/c1-15(2)8-3-9-17-13(16)10-18-12-6-4-11(14)5-7-12/h4-7H,3,8-10H2,1-2H3. The first-order chi connectivity index (χ1) is 8.58. The van der Waals surface area contributed by atoms with Crippen molar-refractivity contribution in [3.63, 3.8) is 0 Å². The second kappa shape index (κ2) is 7.95. The van der Waals surface area contributed by atoms with Crippen LogP contribution in [0.25, 0.3) is 0 Å². The van der Waals surface area contributed by atoms with Crippen LogP contribution in [-0.2, 0) is 9.53 Å². The van der Waals surface area contributed by atoms with E-state index in [0.29, 0.717) is 17.4 Å². The summed E-state index contributed by atoms with van der Waals surface area (Å²) in [6.45, 7) is 1.23. The van der Waals surface area contributed by atoms with Crippen LogP contribution in [0.2, 0.25) is 5.02 Å². The van der Waals surface area contributed by atoms with Crippen molar-refractivity contribution in [3.8, 4) is 5.75 Å². The average Bonchev–Trinajstić information content (AvgIpc) is 2.34. The van der Waals surface area contributed by atoms with Gasteiger partial charge in [-0.05, 0) is 44.8 Å². The zero-order chi connectivity index (χ0) is 13.4. The van der Waals surface area contributed by atoms with Gasteiger partial charge in [0, 0.05) is 11.6 Å². The lowest BCUT2D eigenvalue weighted by Gasteiger charge is -2.10. The minimum atomic E-state index is -0.358. The van der Waals surface area contributed by atoms with E-state index in [-0.39, 0.29) is 12.6 Å². The molecule has 100 valence electrons. The highest BCUT2D eigenvalue weighted by atomic mass is 35.5. The number of hydrogen-bond acceptors (Lipinski definition) is 4. The second-order valence-corrected chi connectivity index (χ2v) is 4.56. The minimum absolute atomic E-state index is 0.0798. The van der Waals surface area contributed by atoms with E-state index in [1.165, 1.54) is 0 Å². The van der Waals surface area contributed by atoms with Gasteiger partial charge in [-0.3, -0.25) is 0 Å². The van der Waals surface area contributed by atoms with Gasteiger partial charge in [0.2, 0.25) is 0 Å². The Morgan fingerprint density at radius 3 is 2.56 bits per heavy atom. The topological polar surface area (TPSA) is 38.8 Å². The normalized spacial score (nSPS) is 10.4. The summed E-state index contributed by atoms with van der Waals surface area (Å²) in [4.78, 5) is 13.4. The lowest BCUT2D eigenvalue weighted by molar-refractivity contribution is -0.146. The SMILES string of the molecule is CN(C)CCCOC(=O)COc1ccc(Cl)cc1. The quantitative estimate of drug-likeness (QED) is 0.563. The minimum Gasteiger partial charge on any atom is -0.482 e. The summed E-state index contributed by atoms with van der Waals surface area (Å²) in [5.74, 6) is 0.244. The Kier molecular flexibility index (Phi) is 6.54. The highest BCUT2D eigenvalue weighted by molar-refractivity contribution is 6.30. The van der Waals surface area contributed by atoms with Crippen LogP contribution in [0.1, 0.15) is 6.42 Å².